The van der Waals surface area contributed by atoms with Crippen molar-refractivity contribution in [2.24, 2.45) is 17.3 Å². The summed E-state index contributed by atoms with van der Waals surface area (Å²) < 4.78 is 0. The molecule has 0 spiro atoms. The summed E-state index contributed by atoms with van der Waals surface area (Å²) in [5.74, 6) is 0.654. The van der Waals surface area contributed by atoms with E-state index in [4.69, 9.17) is 0 Å². The molecule has 5 atom stereocenters. The molecule has 2 aliphatic rings. The van der Waals surface area contributed by atoms with E-state index < -0.39 is 18.3 Å². The van der Waals surface area contributed by atoms with Crippen molar-refractivity contribution in [1.82, 2.24) is 0 Å². The number of hydrogen-bond donors (Lipinski definition) is 3. The molecule has 0 aromatic heterocycles. The van der Waals surface area contributed by atoms with Crippen LogP contribution >= 0.6 is 0 Å². The van der Waals surface area contributed by atoms with Crippen molar-refractivity contribution in [2.75, 3.05) is 0 Å². The van der Waals surface area contributed by atoms with Gasteiger partial charge in [0.1, 0.15) is 0 Å². The Morgan fingerprint density at radius 3 is 2.39 bits per heavy atom. The molecule has 0 aromatic carbocycles. The van der Waals surface area contributed by atoms with E-state index in [1.807, 2.05) is 13.8 Å². The molecule has 5 unspecified atom stereocenters. The van der Waals surface area contributed by atoms with Crippen molar-refractivity contribution in [2.45, 2.75) is 65.3 Å². The molecular weight excluding hydrogens is 228 g/mol. The Kier molecular flexibility index (Phi) is 3.60. The summed E-state index contributed by atoms with van der Waals surface area (Å²) in [6.45, 7) is 8.18. The average Bonchev–Trinajstić information content (AvgIpc) is 2.26. The van der Waals surface area contributed by atoms with E-state index in [0.29, 0.717) is 12.3 Å². The molecule has 0 amide bonds. The van der Waals surface area contributed by atoms with Crippen LogP contribution in [0.15, 0.2) is 11.1 Å². The summed E-state index contributed by atoms with van der Waals surface area (Å²) in [6, 6.07) is 0. The zero-order valence-corrected chi connectivity index (χ0v) is 11.8. The lowest BCUT2D eigenvalue weighted by atomic mass is 9.57. The van der Waals surface area contributed by atoms with Gasteiger partial charge in [0.05, 0.1) is 18.3 Å². The molecule has 104 valence electrons. The van der Waals surface area contributed by atoms with E-state index >= 15 is 0 Å². The van der Waals surface area contributed by atoms with E-state index in [1.54, 1.807) is 0 Å². The van der Waals surface area contributed by atoms with Crippen molar-refractivity contribution in [3.8, 4) is 0 Å². The molecule has 3 nitrogen and oxygen atoms in total. The highest BCUT2D eigenvalue weighted by Gasteiger charge is 2.50. The molecule has 0 saturated heterocycles. The fourth-order valence-electron chi connectivity index (χ4n) is 3.87. The second-order valence-corrected chi connectivity index (χ2v) is 6.67. The topological polar surface area (TPSA) is 60.7 Å². The molecule has 0 aliphatic heterocycles. The first-order chi connectivity index (χ1) is 8.29. The first-order valence-electron chi connectivity index (χ1n) is 7.04. The number of aliphatic hydroxyl groups is 3. The Balaban J connectivity index is 2.44. The SMILES string of the molecule is CC1=C2C(O)C(C(C)C)CCC2(C)C(O)CC1O. The molecule has 2 aliphatic carbocycles. The lowest BCUT2D eigenvalue weighted by Gasteiger charge is -2.51. The fraction of sp³-hybridized carbons (Fsp3) is 0.867. The molecule has 0 heterocycles. The van der Waals surface area contributed by atoms with Crippen molar-refractivity contribution in [3.63, 3.8) is 0 Å². The minimum absolute atomic E-state index is 0.237. The highest BCUT2D eigenvalue weighted by atomic mass is 16.3. The lowest BCUT2D eigenvalue weighted by Crippen LogP contribution is -2.51. The average molecular weight is 254 g/mol. The van der Waals surface area contributed by atoms with Crippen LogP contribution < -0.4 is 0 Å². The van der Waals surface area contributed by atoms with Crippen molar-refractivity contribution in [3.05, 3.63) is 11.1 Å². The minimum Gasteiger partial charge on any atom is -0.392 e. The van der Waals surface area contributed by atoms with E-state index in [2.05, 4.69) is 13.8 Å². The molecule has 3 heteroatoms. The summed E-state index contributed by atoms with van der Waals surface area (Å²) in [5.41, 5.74) is 1.42. The summed E-state index contributed by atoms with van der Waals surface area (Å²) in [4.78, 5) is 0. The van der Waals surface area contributed by atoms with Gasteiger partial charge in [-0.2, -0.15) is 0 Å². The second-order valence-electron chi connectivity index (χ2n) is 6.67. The van der Waals surface area contributed by atoms with Crippen LogP contribution in [0.5, 0.6) is 0 Å². The van der Waals surface area contributed by atoms with Gasteiger partial charge >= 0.3 is 0 Å². The molecule has 0 bridgehead atoms. The Morgan fingerprint density at radius 2 is 1.83 bits per heavy atom. The van der Waals surface area contributed by atoms with Crippen LogP contribution in [0.3, 0.4) is 0 Å². The number of hydrogen-bond acceptors (Lipinski definition) is 3. The van der Waals surface area contributed by atoms with E-state index in [-0.39, 0.29) is 11.3 Å². The van der Waals surface area contributed by atoms with Crippen LogP contribution in [0.1, 0.15) is 47.0 Å². The Labute approximate surface area is 110 Å². The van der Waals surface area contributed by atoms with Crippen LogP contribution in [0.4, 0.5) is 0 Å². The zero-order valence-electron chi connectivity index (χ0n) is 11.8. The lowest BCUT2D eigenvalue weighted by molar-refractivity contribution is -0.0479. The van der Waals surface area contributed by atoms with Crippen LogP contribution in [-0.4, -0.2) is 33.6 Å². The largest absolute Gasteiger partial charge is 0.392 e. The summed E-state index contributed by atoms with van der Waals surface area (Å²) in [6.07, 6.45) is 0.559. The second kappa shape index (κ2) is 4.62. The van der Waals surface area contributed by atoms with Gasteiger partial charge < -0.3 is 15.3 Å². The smallest absolute Gasteiger partial charge is 0.0790 e. The van der Waals surface area contributed by atoms with E-state index in [9.17, 15) is 15.3 Å². The van der Waals surface area contributed by atoms with Gasteiger partial charge in [-0.25, -0.2) is 0 Å². The quantitative estimate of drug-likeness (QED) is 0.626. The Hall–Kier alpha value is -0.380. The highest BCUT2D eigenvalue weighted by molar-refractivity contribution is 5.34. The predicted octanol–water partition coefficient (Wildman–Crippen LogP) is 1.86. The normalized spacial score (nSPS) is 45.3. The summed E-state index contributed by atoms with van der Waals surface area (Å²) in [7, 11) is 0. The zero-order chi connectivity index (χ0) is 13.7. The number of fused-ring (bicyclic) bond motifs is 1. The molecular formula is C15H26O3. The van der Waals surface area contributed by atoms with Crippen molar-refractivity contribution < 1.29 is 15.3 Å². The third-order valence-corrected chi connectivity index (χ3v) is 5.28. The first-order valence-corrected chi connectivity index (χ1v) is 7.04. The molecule has 1 fully saturated rings. The Morgan fingerprint density at radius 1 is 1.22 bits per heavy atom. The summed E-state index contributed by atoms with van der Waals surface area (Å²) in [5, 5.41) is 30.9. The first kappa shape index (κ1) is 14.0. The molecule has 0 radical (unpaired) electrons. The van der Waals surface area contributed by atoms with Crippen LogP contribution in [0, 0.1) is 17.3 Å². The Bertz CT molecular complexity index is 361. The predicted molar refractivity (Wildman–Crippen MR) is 71.0 cm³/mol. The van der Waals surface area contributed by atoms with Gasteiger partial charge in [-0.15, -0.1) is 0 Å². The molecule has 18 heavy (non-hydrogen) atoms. The fourth-order valence-corrected chi connectivity index (χ4v) is 3.87. The maximum absolute atomic E-state index is 10.6. The van der Waals surface area contributed by atoms with Gasteiger partial charge in [0.2, 0.25) is 0 Å². The van der Waals surface area contributed by atoms with Crippen LogP contribution in [0.2, 0.25) is 0 Å². The molecule has 3 N–H and O–H groups in total. The maximum atomic E-state index is 10.6. The standard InChI is InChI=1S/C15H26O3/c1-8(2)10-5-6-15(4)12(17)7-11(16)9(3)13(15)14(10)18/h8,10-12,14,16-18H,5-7H2,1-4H3. The molecule has 0 aromatic rings. The minimum atomic E-state index is -0.608. The third-order valence-electron chi connectivity index (χ3n) is 5.28. The van der Waals surface area contributed by atoms with Crippen molar-refractivity contribution in [1.29, 1.82) is 0 Å². The van der Waals surface area contributed by atoms with E-state index in [0.717, 1.165) is 24.0 Å². The van der Waals surface area contributed by atoms with Crippen LogP contribution in [0.25, 0.3) is 0 Å². The summed E-state index contributed by atoms with van der Waals surface area (Å²) >= 11 is 0. The monoisotopic (exact) mass is 254 g/mol. The van der Waals surface area contributed by atoms with E-state index in [1.165, 1.54) is 0 Å². The number of rotatable bonds is 1. The highest BCUT2D eigenvalue weighted by Crippen LogP contribution is 2.52. The van der Waals surface area contributed by atoms with Gasteiger partial charge in [-0.05, 0) is 42.7 Å². The molecule has 2 rings (SSSR count). The van der Waals surface area contributed by atoms with Gasteiger partial charge in [0.25, 0.3) is 0 Å². The molecule has 1 saturated carbocycles. The van der Waals surface area contributed by atoms with Gasteiger partial charge in [0, 0.05) is 11.8 Å². The third kappa shape index (κ3) is 1.93. The van der Waals surface area contributed by atoms with Gasteiger partial charge in [0.15, 0.2) is 0 Å². The van der Waals surface area contributed by atoms with Crippen molar-refractivity contribution >= 4 is 0 Å². The maximum Gasteiger partial charge on any atom is 0.0790 e. The van der Waals surface area contributed by atoms with Crippen LogP contribution in [-0.2, 0) is 0 Å². The van der Waals surface area contributed by atoms with Gasteiger partial charge in [-0.3, -0.25) is 0 Å². The van der Waals surface area contributed by atoms with Gasteiger partial charge in [-0.1, -0.05) is 20.8 Å². The number of aliphatic hydroxyl groups excluding tert-OH is 3.